The quantitative estimate of drug-likeness (QED) is 0.752. The fourth-order valence-corrected chi connectivity index (χ4v) is 1.33. The van der Waals surface area contributed by atoms with E-state index in [1.807, 2.05) is 39.8 Å². The molecule has 0 amide bonds. The predicted molar refractivity (Wildman–Crippen MR) is 58.4 cm³/mol. The van der Waals surface area contributed by atoms with E-state index in [1.54, 1.807) is 0 Å². The van der Waals surface area contributed by atoms with Gasteiger partial charge >= 0.3 is 0 Å². The molecule has 0 atom stereocenters. The first-order valence-electron chi connectivity index (χ1n) is 4.85. The summed E-state index contributed by atoms with van der Waals surface area (Å²) in [5, 5.41) is 0. The largest absolute Gasteiger partial charge is 0.326 e. The van der Waals surface area contributed by atoms with E-state index in [0.29, 0.717) is 11.5 Å². The summed E-state index contributed by atoms with van der Waals surface area (Å²) in [4.78, 5) is 14.5. The molecule has 0 aliphatic carbocycles. The molecule has 3 N–H and O–H groups in total. The van der Waals surface area contributed by atoms with Crippen molar-refractivity contribution in [1.82, 2.24) is 4.98 Å². The van der Waals surface area contributed by atoms with Gasteiger partial charge in [-0.05, 0) is 31.9 Å². The highest BCUT2D eigenvalue weighted by Crippen LogP contribution is 2.14. The van der Waals surface area contributed by atoms with Gasteiger partial charge in [0.15, 0.2) is 0 Å². The van der Waals surface area contributed by atoms with Gasteiger partial charge in [-0.2, -0.15) is 0 Å². The zero-order valence-electron chi connectivity index (χ0n) is 9.22. The van der Waals surface area contributed by atoms with E-state index in [0.717, 1.165) is 5.69 Å². The van der Waals surface area contributed by atoms with Crippen molar-refractivity contribution < 1.29 is 0 Å². The number of nitrogens with one attached hydrogen (secondary N) is 1. The molecule has 0 unspecified atom stereocenters. The van der Waals surface area contributed by atoms with Gasteiger partial charge < -0.3 is 10.7 Å². The molecule has 1 heterocycles. The Morgan fingerprint density at radius 1 is 1.36 bits per heavy atom. The van der Waals surface area contributed by atoms with E-state index in [-0.39, 0.29) is 5.56 Å². The lowest BCUT2D eigenvalue weighted by atomic mass is 9.96. The molecule has 0 aliphatic rings. The van der Waals surface area contributed by atoms with E-state index in [4.69, 9.17) is 5.73 Å². The van der Waals surface area contributed by atoms with Gasteiger partial charge in [0.2, 0.25) is 0 Å². The van der Waals surface area contributed by atoms with Gasteiger partial charge in [-0.25, -0.2) is 0 Å². The number of aromatic nitrogens is 1. The molecule has 1 aromatic rings. The van der Waals surface area contributed by atoms with Crippen LogP contribution in [0, 0.1) is 0 Å². The fourth-order valence-electron chi connectivity index (χ4n) is 1.33. The molecule has 14 heavy (non-hydrogen) atoms. The van der Waals surface area contributed by atoms with Crippen LogP contribution < -0.4 is 11.3 Å². The molecule has 1 rings (SSSR count). The standard InChI is InChI=1S/C11H18N2O/c1-7(2)9-6-5-8(10(14)13-9)11(3,4)12/h5-7H,12H2,1-4H3,(H,13,14). The first-order chi connectivity index (χ1) is 6.32. The van der Waals surface area contributed by atoms with Crippen LogP contribution >= 0.6 is 0 Å². The molecule has 0 spiro atoms. The molecule has 0 bridgehead atoms. The zero-order chi connectivity index (χ0) is 10.9. The molecule has 0 saturated carbocycles. The summed E-state index contributed by atoms with van der Waals surface area (Å²) in [6.45, 7) is 7.73. The number of H-pyrrole nitrogens is 1. The highest BCUT2D eigenvalue weighted by Gasteiger charge is 2.18. The number of hydrogen-bond donors (Lipinski definition) is 2. The second kappa shape index (κ2) is 3.58. The molecule has 78 valence electrons. The van der Waals surface area contributed by atoms with Crippen molar-refractivity contribution in [3.8, 4) is 0 Å². The molecule has 0 radical (unpaired) electrons. The van der Waals surface area contributed by atoms with Gasteiger partial charge in [0, 0.05) is 16.8 Å². The minimum Gasteiger partial charge on any atom is -0.326 e. The Bertz CT molecular complexity index is 372. The zero-order valence-corrected chi connectivity index (χ0v) is 9.22. The SMILES string of the molecule is CC(C)c1ccc(C(C)(C)N)c(=O)[nH]1. The van der Waals surface area contributed by atoms with Gasteiger partial charge in [-0.1, -0.05) is 13.8 Å². The van der Waals surface area contributed by atoms with Crippen LogP contribution in [0.3, 0.4) is 0 Å². The van der Waals surface area contributed by atoms with Crippen LogP contribution in [0.2, 0.25) is 0 Å². The van der Waals surface area contributed by atoms with Gasteiger partial charge in [0.05, 0.1) is 0 Å². The summed E-state index contributed by atoms with van der Waals surface area (Å²) in [6.07, 6.45) is 0. The van der Waals surface area contributed by atoms with Crippen LogP contribution in [0.15, 0.2) is 16.9 Å². The topological polar surface area (TPSA) is 58.9 Å². The van der Waals surface area contributed by atoms with Crippen molar-refractivity contribution in [2.24, 2.45) is 5.73 Å². The minimum atomic E-state index is -0.580. The number of hydrogen-bond acceptors (Lipinski definition) is 2. The molecular weight excluding hydrogens is 176 g/mol. The summed E-state index contributed by atoms with van der Waals surface area (Å²) in [5.41, 5.74) is 6.78. The van der Waals surface area contributed by atoms with Crippen molar-refractivity contribution in [3.63, 3.8) is 0 Å². The van der Waals surface area contributed by atoms with E-state index < -0.39 is 5.54 Å². The highest BCUT2D eigenvalue weighted by molar-refractivity contribution is 5.22. The highest BCUT2D eigenvalue weighted by atomic mass is 16.1. The van der Waals surface area contributed by atoms with Crippen LogP contribution in [0.5, 0.6) is 0 Å². The third-order valence-electron chi connectivity index (χ3n) is 2.25. The van der Waals surface area contributed by atoms with E-state index >= 15 is 0 Å². The third kappa shape index (κ3) is 2.23. The van der Waals surface area contributed by atoms with Crippen molar-refractivity contribution >= 4 is 0 Å². The summed E-state index contributed by atoms with van der Waals surface area (Å²) in [7, 11) is 0. The minimum absolute atomic E-state index is 0.0799. The Morgan fingerprint density at radius 3 is 2.29 bits per heavy atom. The summed E-state index contributed by atoms with van der Waals surface area (Å²) in [5.74, 6) is 0.331. The Labute approximate surface area is 84.3 Å². The lowest BCUT2D eigenvalue weighted by molar-refractivity contribution is 0.545. The van der Waals surface area contributed by atoms with Crippen molar-refractivity contribution in [3.05, 3.63) is 33.7 Å². The van der Waals surface area contributed by atoms with Crippen molar-refractivity contribution in [2.75, 3.05) is 0 Å². The Hall–Kier alpha value is -1.09. The molecule has 0 aromatic carbocycles. The molecule has 3 nitrogen and oxygen atoms in total. The summed E-state index contributed by atoms with van der Waals surface area (Å²) in [6, 6.07) is 3.74. The van der Waals surface area contributed by atoms with Crippen molar-refractivity contribution in [2.45, 2.75) is 39.2 Å². The third-order valence-corrected chi connectivity index (χ3v) is 2.25. The monoisotopic (exact) mass is 194 g/mol. The van der Waals surface area contributed by atoms with Gasteiger partial charge in [0.1, 0.15) is 0 Å². The second-order valence-corrected chi connectivity index (χ2v) is 4.53. The molecular formula is C11H18N2O. The molecule has 3 heteroatoms. The summed E-state index contributed by atoms with van der Waals surface area (Å²) >= 11 is 0. The number of rotatable bonds is 2. The van der Waals surface area contributed by atoms with E-state index in [2.05, 4.69) is 4.98 Å². The van der Waals surface area contributed by atoms with Crippen LogP contribution in [-0.2, 0) is 5.54 Å². The van der Waals surface area contributed by atoms with Crippen LogP contribution in [0.25, 0.3) is 0 Å². The van der Waals surface area contributed by atoms with Gasteiger partial charge in [-0.15, -0.1) is 0 Å². The van der Waals surface area contributed by atoms with Crippen LogP contribution in [0.1, 0.15) is 44.9 Å². The van der Waals surface area contributed by atoms with Gasteiger partial charge in [-0.3, -0.25) is 4.79 Å². The predicted octanol–water partition coefficient (Wildman–Crippen LogP) is 1.69. The average Bonchev–Trinajstić information content (AvgIpc) is 2.01. The first-order valence-corrected chi connectivity index (χ1v) is 4.85. The van der Waals surface area contributed by atoms with E-state index in [1.165, 1.54) is 0 Å². The van der Waals surface area contributed by atoms with Gasteiger partial charge in [0.25, 0.3) is 5.56 Å². The smallest absolute Gasteiger partial charge is 0.253 e. The Morgan fingerprint density at radius 2 is 1.93 bits per heavy atom. The average molecular weight is 194 g/mol. The second-order valence-electron chi connectivity index (χ2n) is 4.53. The fraction of sp³-hybridized carbons (Fsp3) is 0.545. The summed E-state index contributed by atoms with van der Waals surface area (Å²) < 4.78 is 0. The lowest BCUT2D eigenvalue weighted by Crippen LogP contribution is -2.35. The Balaban J connectivity index is 3.22. The molecule has 1 aromatic heterocycles. The Kier molecular flexibility index (Phi) is 2.81. The maximum atomic E-state index is 11.7. The first kappa shape index (κ1) is 11.0. The molecule has 0 saturated heterocycles. The number of pyridine rings is 1. The normalized spacial score (nSPS) is 12.1. The number of nitrogens with two attached hydrogens (primary N) is 1. The molecule has 0 aliphatic heterocycles. The number of aromatic amines is 1. The maximum Gasteiger partial charge on any atom is 0.253 e. The van der Waals surface area contributed by atoms with E-state index in [9.17, 15) is 4.79 Å². The van der Waals surface area contributed by atoms with Crippen LogP contribution in [-0.4, -0.2) is 4.98 Å². The van der Waals surface area contributed by atoms with Crippen molar-refractivity contribution in [1.29, 1.82) is 0 Å². The maximum absolute atomic E-state index is 11.7. The lowest BCUT2D eigenvalue weighted by Gasteiger charge is -2.18. The molecule has 0 fully saturated rings. The van der Waals surface area contributed by atoms with Crippen LogP contribution in [0.4, 0.5) is 0 Å².